The minimum absolute atomic E-state index is 0.295. The van der Waals surface area contributed by atoms with Crippen molar-refractivity contribution in [3.8, 4) is 17.1 Å². The summed E-state index contributed by atoms with van der Waals surface area (Å²) < 4.78 is 1.80. The van der Waals surface area contributed by atoms with Gasteiger partial charge in [0, 0.05) is 24.2 Å². The van der Waals surface area contributed by atoms with Gasteiger partial charge in [0.25, 0.3) is 5.91 Å². The summed E-state index contributed by atoms with van der Waals surface area (Å²) in [7, 11) is 0. The topological polar surface area (TPSA) is 85.6 Å². The maximum atomic E-state index is 12.4. The number of hydrogen-bond acceptors (Lipinski definition) is 5. The number of carbonyl (C=O) groups is 1. The number of pyridine rings is 1. The van der Waals surface area contributed by atoms with Crippen LogP contribution in [-0.2, 0) is 0 Å². The van der Waals surface area contributed by atoms with E-state index < -0.39 is 0 Å². The van der Waals surface area contributed by atoms with E-state index in [9.17, 15) is 4.79 Å². The number of benzene rings is 1. The Morgan fingerprint density at radius 3 is 2.50 bits per heavy atom. The molecule has 26 heavy (non-hydrogen) atoms. The smallest absolute Gasteiger partial charge is 0.274 e. The van der Waals surface area contributed by atoms with Gasteiger partial charge in [0.1, 0.15) is 5.69 Å². The third-order valence-electron chi connectivity index (χ3n) is 3.72. The van der Waals surface area contributed by atoms with Crippen LogP contribution in [0.4, 0.5) is 5.69 Å². The fourth-order valence-corrected chi connectivity index (χ4v) is 2.44. The lowest BCUT2D eigenvalue weighted by Gasteiger charge is -2.07. The van der Waals surface area contributed by atoms with Crippen LogP contribution in [0.25, 0.3) is 17.1 Å². The summed E-state index contributed by atoms with van der Waals surface area (Å²) in [6.45, 7) is 0. The molecule has 7 nitrogen and oxygen atoms in total. The second kappa shape index (κ2) is 6.94. The van der Waals surface area contributed by atoms with Gasteiger partial charge in [-0.25, -0.2) is 15.0 Å². The lowest BCUT2D eigenvalue weighted by Crippen LogP contribution is -2.14. The first kappa shape index (κ1) is 15.6. The van der Waals surface area contributed by atoms with Crippen LogP contribution in [0, 0.1) is 0 Å². The molecule has 0 aliphatic carbocycles. The highest BCUT2D eigenvalue weighted by atomic mass is 16.1. The van der Waals surface area contributed by atoms with E-state index in [-0.39, 0.29) is 5.91 Å². The first-order valence-electron chi connectivity index (χ1n) is 7.93. The van der Waals surface area contributed by atoms with Gasteiger partial charge >= 0.3 is 0 Å². The fourth-order valence-electron chi connectivity index (χ4n) is 2.44. The molecule has 7 heteroatoms. The minimum atomic E-state index is -0.331. The molecular weight excluding hydrogens is 328 g/mol. The summed E-state index contributed by atoms with van der Waals surface area (Å²) in [4.78, 5) is 29.2. The molecular formula is C19H14N6O. The molecule has 0 atom stereocenters. The van der Waals surface area contributed by atoms with Crippen LogP contribution < -0.4 is 5.32 Å². The van der Waals surface area contributed by atoms with Crippen molar-refractivity contribution in [2.45, 2.75) is 0 Å². The van der Waals surface area contributed by atoms with Gasteiger partial charge in [-0.15, -0.1) is 0 Å². The van der Waals surface area contributed by atoms with Crippen LogP contribution in [0.15, 0.2) is 79.8 Å². The van der Waals surface area contributed by atoms with Crippen LogP contribution in [0.2, 0.25) is 0 Å². The number of amides is 1. The van der Waals surface area contributed by atoms with Crippen molar-refractivity contribution in [2.75, 3.05) is 5.32 Å². The summed E-state index contributed by atoms with van der Waals surface area (Å²) in [6, 6.07) is 13.1. The number of anilines is 1. The van der Waals surface area contributed by atoms with E-state index in [4.69, 9.17) is 0 Å². The standard InChI is InChI=1S/C19H14N6O/c26-19(17-10-16(6-7-21-17)25-9-8-20-13-25)24-15-11-22-18(23-12-15)14-4-2-1-3-5-14/h1-13H,(H,24,26). The highest BCUT2D eigenvalue weighted by molar-refractivity contribution is 6.03. The maximum absolute atomic E-state index is 12.4. The predicted octanol–water partition coefficient (Wildman–Crippen LogP) is 2.98. The average molecular weight is 342 g/mol. The zero-order valence-electron chi connectivity index (χ0n) is 13.6. The van der Waals surface area contributed by atoms with Gasteiger partial charge < -0.3 is 9.88 Å². The van der Waals surface area contributed by atoms with Crippen molar-refractivity contribution in [1.82, 2.24) is 24.5 Å². The molecule has 1 N–H and O–H groups in total. The van der Waals surface area contributed by atoms with Crippen molar-refractivity contribution >= 4 is 11.6 Å². The first-order chi connectivity index (χ1) is 12.8. The maximum Gasteiger partial charge on any atom is 0.274 e. The SMILES string of the molecule is O=C(Nc1cnc(-c2ccccc2)nc1)c1cc(-n2ccnc2)ccn1. The van der Waals surface area contributed by atoms with E-state index in [2.05, 4.69) is 25.3 Å². The van der Waals surface area contributed by atoms with Gasteiger partial charge in [-0.05, 0) is 12.1 Å². The molecule has 0 saturated carbocycles. The number of carbonyl (C=O) groups excluding carboxylic acids is 1. The van der Waals surface area contributed by atoms with E-state index in [1.165, 1.54) is 0 Å². The van der Waals surface area contributed by atoms with Crippen LogP contribution in [0.5, 0.6) is 0 Å². The zero-order chi connectivity index (χ0) is 17.8. The number of imidazole rings is 1. The van der Waals surface area contributed by atoms with E-state index in [0.29, 0.717) is 17.2 Å². The van der Waals surface area contributed by atoms with Gasteiger partial charge in [-0.2, -0.15) is 0 Å². The monoisotopic (exact) mass is 342 g/mol. The van der Waals surface area contributed by atoms with Gasteiger partial charge in [-0.1, -0.05) is 30.3 Å². The Labute approximate surface area is 149 Å². The molecule has 0 unspecified atom stereocenters. The molecule has 0 saturated heterocycles. The molecule has 0 radical (unpaired) electrons. The minimum Gasteiger partial charge on any atom is -0.318 e. The van der Waals surface area contributed by atoms with Crippen LogP contribution in [0.1, 0.15) is 10.5 Å². The van der Waals surface area contributed by atoms with Crippen LogP contribution in [0.3, 0.4) is 0 Å². The third-order valence-corrected chi connectivity index (χ3v) is 3.72. The Hall–Kier alpha value is -3.87. The summed E-state index contributed by atoms with van der Waals surface area (Å²) in [5.41, 5.74) is 2.52. The molecule has 0 bridgehead atoms. The Balaban J connectivity index is 1.51. The second-order valence-electron chi connectivity index (χ2n) is 5.48. The zero-order valence-corrected chi connectivity index (χ0v) is 13.6. The largest absolute Gasteiger partial charge is 0.318 e. The first-order valence-corrected chi connectivity index (χ1v) is 7.93. The number of nitrogens with zero attached hydrogens (tertiary/aromatic N) is 5. The van der Waals surface area contributed by atoms with Crippen molar-refractivity contribution in [3.05, 3.63) is 85.5 Å². The van der Waals surface area contributed by atoms with Gasteiger partial charge in [0.15, 0.2) is 5.82 Å². The third kappa shape index (κ3) is 3.32. The average Bonchev–Trinajstić information content (AvgIpc) is 3.24. The fraction of sp³-hybridized carbons (Fsp3) is 0. The molecule has 0 fully saturated rings. The van der Waals surface area contributed by atoms with Crippen LogP contribution >= 0.6 is 0 Å². The molecule has 1 aromatic carbocycles. The van der Waals surface area contributed by atoms with Crippen molar-refractivity contribution < 1.29 is 4.79 Å². The van der Waals surface area contributed by atoms with Gasteiger partial charge in [0.2, 0.25) is 0 Å². The molecule has 0 aliphatic heterocycles. The molecule has 3 aromatic heterocycles. The summed E-state index contributed by atoms with van der Waals surface area (Å²) in [5.74, 6) is 0.270. The molecule has 4 aromatic rings. The van der Waals surface area contributed by atoms with Crippen LogP contribution in [-0.4, -0.2) is 30.4 Å². The molecule has 3 heterocycles. The highest BCUT2D eigenvalue weighted by Crippen LogP contribution is 2.15. The Morgan fingerprint density at radius 2 is 1.77 bits per heavy atom. The Bertz CT molecular complexity index is 1010. The van der Waals surface area contributed by atoms with Crippen molar-refractivity contribution in [2.24, 2.45) is 0 Å². The Morgan fingerprint density at radius 1 is 0.962 bits per heavy atom. The Kier molecular flexibility index (Phi) is 4.17. The predicted molar refractivity (Wildman–Crippen MR) is 96.8 cm³/mol. The van der Waals surface area contributed by atoms with E-state index in [1.54, 1.807) is 54.0 Å². The molecule has 0 aliphatic rings. The summed E-state index contributed by atoms with van der Waals surface area (Å²) in [5, 5.41) is 2.76. The van der Waals surface area contributed by atoms with Gasteiger partial charge in [-0.3, -0.25) is 9.78 Å². The second-order valence-corrected chi connectivity index (χ2v) is 5.48. The molecule has 126 valence electrons. The van der Waals surface area contributed by atoms with Gasteiger partial charge in [0.05, 0.1) is 30.1 Å². The molecule has 4 rings (SSSR count). The lowest BCUT2D eigenvalue weighted by molar-refractivity contribution is 0.102. The van der Waals surface area contributed by atoms with E-state index >= 15 is 0 Å². The number of hydrogen-bond donors (Lipinski definition) is 1. The number of rotatable bonds is 4. The molecule has 0 spiro atoms. The molecule has 1 amide bonds. The highest BCUT2D eigenvalue weighted by Gasteiger charge is 2.10. The lowest BCUT2D eigenvalue weighted by atomic mass is 10.2. The normalized spacial score (nSPS) is 10.5. The quantitative estimate of drug-likeness (QED) is 0.616. The van der Waals surface area contributed by atoms with E-state index in [0.717, 1.165) is 11.3 Å². The van der Waals surface area contributed by atoms with E-state index in [1.807, 2.05) is 30.3 Å². The summed E-state index contributed by atoms with van der Waals surface area (Å²) >= 11 is 0. The number of aromatic nitrogens is 5. The van der Waals surface area contributed by atoms with Crippen molar-refractivity contribution in [1.29, 1.82) is 0 Å². The van der Waals surface area contributed by atoms with Crippen molar-refractivity contribution in [3.63, 3.8) is 0 Å². The summed E-state index contributed by atoms with van der Waals surface area (Å²) in [6.07, 6.45) is 9.87. The number of nitrogens with one attached hydrogen (secondary N) is 1.